The first kappa shape index (κ1) is 16.2. The Morgan fingerprint density at radius 1 is 1.45 bits per heavy atom. The molecule has 20 heavy (non-hydrogen) atoms. The van der Waals surface area contributed by atoms with Crippen molar-refractivity contribution in [3.63, 3.8) is 0 Å². The SMILES string of the molecule is COC(=O)CC[C@H](NC(=O)NCC1CCCO1)C(=O)O. The van der Waals surface area contributed by atoms with Crippen molar-refractivity contribution < 1.29 is 29.0 Å². The zero-order chi connectivity index (χ0) is 15.0. The summed E-state index contributed by atoms with van der Waals surface area (Å²) < 4.78 is 9.75. The number of aliphatic carboxylic acids is 1. The van der Waals surface area contributed by atoms with Gasteiger partial charge in [-0.15, -0.1) is 0 Å². The van der Waals surface area contributed by atoms with Crippen LogP contribution in [-0.4, -0.2) is 55.5 Å². The Labute approximate surface area is 116 Å². The van der Waals surface area contributed by atoms with Crippen LogP contribution in [0.25, 0.3) is 0 Å². The van der Waals surface area contributed by atoms with Crippen LogP contribution in [-0.2, 0) is 19.1 Å². The third-order valence-corrected chi connectivity index (χ3v) is 2.98. The minimum absolute atomic E-state index is 0.0147. The molecule has 0 aromatic rings. The summed E-state index contributed by atoms with van der Waals surface area (Å²) in [4.78, 5) is 33.5. The maximum atomic E-state index is 11.6. The van der Waals surface area contributed by atoms with Gasteiger partial charge in [-0.1, -0.05) is 0 Å². The molecule has 0 aliphatic carbocycles. The zero-order valence-electron chi connectivity index (χ0n) is 11.4. The lowest BCUT2D eigenvalue weighted by molar-refractivity contribution is -0.142. The summed E-state index contributed by atoms with van der Waals surface area (Å²) in [5, 5.41) is 13.8. The van der Waals surface area contributed by atoms with E-state index >= 15 is 0 Å². The Hall–Kier alpha value is -1.83. The lowest BCUT2D eigenvalue weighted by atomic mass is 10.1. The number of hydrogen-bond acceptors (Lipinski definition) is 5. The van der Waals surface area contributed by atoms with Crippen molar-refractivity contribution >= 4 is 18.0 Å². The minimum Gasteiger partial charge on any atom is -0.480 e. The van der Waals surface area contributed by atoms with E-state index in [0.717, 1.165) is 12.8 Å². The molecule has 8 heteroatoms. The van der Waals surface area contributed by atoms with Crippen molar-refractivity contribution in [2.24, 2.45) is 0 Å². The van der Waals surface area contributed by atoms with Gasteiger partial charge in [0.25, 0.3) is 0 Å². The second kappa shape index (κ2) is 8.36. The highest BCUT2D eigenvalue weighted by atomic mass is 16.5. The van der Waals surface area contributed by atoms with Crippen LogP contribution in [0.5, 0.6) is 0 Å². The molecule has 1 aliphatic rings. The number of amides is 2. The van der Waals surface area contributed by atoms with Crippen molar-refractivity contribution in [2.45, 2.75) is 37.8 Å². The normalized spacial score (nSPS) is 19.1. The summed E-state index contributed by atoms with van der Waals surface area (Å²) in [5.41, 5.74) is 0. The van der Waals surface area contributed by atoms with Crippen LogP contribution >= 0.6 is 0 Å². The van der Waals surface area contributed by atoms with E-state index in [-0.39, 0.29) is 18.9 Å². The molecule has 0 spiro atoms. The summed E-state index contributed by atoms with van der Waals surface area (Å²) >= 11 is 0. The van der Waals surface area contributed by atoms with Gasteiger partial charge in [0, 0.05) is 19.6 Å². The van der Waals surface area contributed by atoms with Crippen LogP contribution in [0, 0.1) is 0 Å². The number of hydrogen-bond donors (Lipinski definition) is 3. The number of esters is 1. The standard InChI is InChI=1S/C12H20N2O6/c1-19-10(15)5-4-9(11(16)17)14-12(18)13-7-8-3-2-6-20-8/h8-9H,2-7H2,1H3,(H,16,17)(H2,13,14,18)/t8?,9-/m0/s1. The molecule has 8 nitrogen and oxygen atoms in total. The molecule has 1 aliphatic heterocycles. The van der Waals surface area contributed by atoms with E-state index < -0.39 is 24.0 Å². The molecule has 1 rings (SSSR count). The monoisotopic (exact) mass is 288 g/mol. The van der Waals surface area contributed by atoms with Crippen molar-refractivity contribution in [3.05, 3.63) is 0 Å². The Morgan fingerprint density at radius 3 is 2.75 bits per heavy atom. The molecule has 1 fully saturated rings. The highest BCUT2D eigenvalue weighted by Gasteiger charge is 2.22. The van der Waals surface area contributed by atoms with Crippen LogP contribution in [0.2, 0.25) is 0 Å². The van der Waals surface area contributed by atoms with Crippen molar-refractivity contribution in [1.82, 2.24) is 10.6 Å². The second-order valence-electron chi connectivity index (χ2n) is 4.50. The Morgan fingerprint density at radius 2 is 2.20 bits per heavy atom. The molecule has 0 bridgehead atoms. The first-order valence-corrected chi connectivity index (χ1v) is 6.48. The predicted molar refractivity (Wildman–Crippen MR) is 68.2 cm³/mol. The van der Waals surface area contributed by atoms with E-state index in [4.69, 9.17) is 9.84 Å². The third kappa shape index (κ3) is 5.87. The number of ether oxygens (including phenoxy) is 2. The quantitative estimate of drug-likeness (QED) is 0.562. The fourth-order valence-corrected chi connectivity index (χ4v) is 1.84. The van der Waals surface area contributed by atoms with Gasteiger partial charge in [0.05, 0.1) is 13.2 Å². The van der Waals surface area contributed by atoms with Gasteiger partial charge < -0.3 is 25.2 Å². The number of rotatable bonds is 7. The number of carboxylic acids is 1. The van der Waals surface area contributed by atoms with Gasteiger partial charge >= 0.3 is 18.0 Å². The van der Waals surface area contributed by atoms with Crippen molar-refractivity contribution in [2.75, 3.05) is 20.3 Å². The molecule has 2 amide bonds. The smallest absolute Gasteiger partial charge is 0.326 e. The molecule has 114 valence electrons. The second-order valence-corrected chi connectivity index (χ2v) is 4.50. The zero-order valence-corrected chi connectivity index (χ0v) is 11.4. The fourth-order valence-electron chi connectivity index (χ4n) is 1.84. The molecule has 2 atom stereocenters. The number of urea groups is 1. The van der Waals surface area contributed by atoms with Gasteiger partial charge in [-0.3, -0.25) is 4.79 Å². The Balaban J connectivity index is 2.30. The van der Waals surface area contributed by atoms with Crippen LogP contribution in [0.3, 0.4) is 0 Å². The van der Waals surface area contributed by atoms with E-state index in [0.29, 0.717) is 13.2 Å². The van der Waals surface area contributed by atoms with Gasteiger partial charge in [-0.05, 0) is 19.3 Å². The third-order valence-electron chi connectivity index (χ3n) is 2.98. The largest absolute Gasteiger partial charge is 0.480 e. The molecule has 0 saturated carbocycles. The van der Waals surface area contributed by atoms with Gasteiger partial charge in [0.15, 0.2) is 0 Å². The number of carboxylic acid groups (broad SMARTS) is 1. The molecule has 0 aromatic heterocycles. The van der Waals surface area contributed by atoms with Gasteiger partial charge in [-0.25, -0.2) is 9.59 Å². The van der Waals surface area contributed by atoms with Gasteiger partial charge in [-0.2, -0.15) is 0 Å². The maximum Gasteiger partial charge on any atom is 0.326 e. The highest BCUT2D eigenvalue weighted by molar-refractivity contribution is 5.83. The van der Waals surface area contributed by atoms with E-state index in [1.807, 2.05) is 0 Å². The first-order chi connectivity index (χ1) is 9.52. The van der Waals surface area contributed by atoms with Gasteiger partial charge in [0.1, 0.15) is 6.04 Å². The molecule has 3 N–H and O–H groups in total. The Bertz CT molecular complexity index is 354. The molecule has 1 saturated heterocycles. The van der Waals surface area contributed by atoms with Crippen LogP contribution in [0.4, 0.5) is 4.79 Å². The minimum atomic E-state index is -1.19. The van der Waals surface area contributed by atoms with E-state index in [1.54, 1.807) is 0 Å². The molecule has 1 heterocycles. The Kier molecular flexibility index (Phi) is 6.78. The van der Waals surface area contributed by atoms with Crippen molar-refractivity contribution in [1.29, 1.82) is 0 Å². The van der Waals surface area contributed by atoms with Crippen molar-refractivity contribution in [3.8, 4) is 0 Å². The van der Waals surface area contributed by atoms with E-state index in [2.05, 4.69) is 15.4 Å². The van der Waals surface area contributed by atoms with Gasteiger partial charge in [0.2, 0.25) is 0 Å². The highest BCUT2D eigenvalue weighted by Crippen LogP contribution is 2.10. The number of methoxy groups -OCH3 is 1. The summed E-state index contributed by atoms with van der Waals surface area (Å²) in [7, 11) is 1.22. The predicted octanol–water partition coefficient (Wildman–Crippen LogP) is -0.129. The van der Waals surface area contributed by atoms with Crippen LogP contribution in [0.15, 0.2) is 0 Å². The molecule has 0 aromatic carbocycles. The molecule has 0 radical (unpaired) electrons. The number of carbonyl (C=O) groups excluding carboxylic acids is 2. The van der Waals surface area contributed by atoms with E-state index in [1.165, 1.54) is 7.11 Å². The molecular formula is C12H20N2O6. The van der Waals surface area contributed by atoms with Crippen LogP contribution < -0.4 is 10.6 Å². The molecule has 1 unspecified atom stereocenters. The summed E-state index contributed by atoms with van der Waals surface area (Å²) in [6.07, 6.45) is 1.74. The average Bonchev–Trinajstić information content (AvgIpc) is 2.93. The molecular weight excluding hydrogens is 268 g/mol. The summed E-state index contributed by atoms with van der Waals surface area (Å²) in [6, 6.07) is -1.71. The lowest BCUT2D eigenvalue weighted by Gasteiger charge is -2.16. The fraction of sp³-hybridized carbons (Fsp3) is 0.750. The lowest BCUT2D eigenvalue weighted by Crippen LogP contribution is -2.47. The average molecular weight is 288 g/mol. The number of carbonyl (C=O) groups is 3. The van der Waals surface area contributed by atoms with E-state index in [9.17, 15) is 14.4 Å². The number of nitrogens with one attached hydrogen (secondary N) is 2. The topological polar surface area (TPSA) is 114 Å². The summed E-state index contributed by atoms with van der Waals surface area (Å²) in [6.45, 7) is 1.03. The van der Waals surface area contributed by atoms with Crippen LogP contribution in [0.1, 0.15) is 25.7 Å². The first-order valence-electron chi connectivity index (χ1n) is 6.48. The maximum absolute atomic E-state index is 11.6. The summed E-state index contributed by atoms with van der Waals surface area (Å²) in [5.74, 6) is -1.71.